The summed E-state index contributed by atoms with van der Waals surface area (Å²) in [7, 11) is 2.06. The van der Waals surface area contributed by atoms with Gasteiger partial charge in [0.1, 0.15) is 17.2 Å². The summed E-state index contributed by atoms with van der Waals surface area (Å²) in [6.45, 7) is 2.40. The molecule has 1 fully saturated rings. The highest BCUT2D eigenvalue weighted by atomic mass is 35.5. The molecule has 0 atom stereocenters. The van der Waals surface area contributed by atoms with Crippen LogP contribution >= 0.6 is 22.9 Å². The Morgan fingerprint density at radius 3 is 2.83 bits per heavy atom. The van der Waals surface area contributed by atoms with Gasteiger partial charge in [0, 0.05) is 12.4 Å². The molecule has 0 aromatic carbocycles. The predicted octanol–water partition coefficient (Wildman–Crippen LogP) is 4.21. The molecule has 0 spiro atoms. The minimum absolute atomic E-state index is 0.0995. The number of nitrogens with zero attached hydrogens (tertiary/aromatic N) is 5. The predicted molar refractivity (Wildman–Crippen MR) is 124 cm³/mol. The molecule has 0 saturated carbocycles. The van der Waals surface area contributed by atoms with E-state index in [0.29, 0.717) is 17.8 Å². The third-order valence-electron chi connectivity index (χ3n) is 5.87. The van der Waals surface area contributed by atoms with Crippen molar-refractivity contribution in [3.8, 4) is 15.6 Å². The molecule has 14 heteroatoms. The molecule has 0 aliphatic carbocycles. The van der Waals surface area contributed by atoms with Crippen molar-refractivity contribution < 1.29 is 22.7 Å². The van der Waals surface area contributed by atoms with Crippen molar-refractivity contribution in [3.05, 3.63) is 34.6 Å². The van der Waals surface area contributed by atoms with Crippen molar-refractivity contribution in [2.45, 2.75) is 25.1 Å². The third kappa shape index (κ3) is 4.93. The van der Waals surface area contributed by atoms with E-state index in [0.717, 1.165) is 37.3 Å². The Bertz CT molecular complexity index is 1250. The fraction of sp³-hybridized carbons (Fsp3) is 0.429. The molecule has 35 heavy (non-hydrogen) atoms. The van der Waals surface area contributed by atoms with Crippen molar-refractivity contribution in [2.24, 2.45) is 0 Å². The average Bonchev–Trinajstić information content (AvgIpc) is 3.35. The lowest BCUT2D eigenvalue weighted by Gasteiger charge is -2.28. The van der Waals surface area contributed by atoms with E-state index in [4.69, 9.17) is 16.3 Å². The summed E-state index contributed by atoms with van der Waals surface area (Å²) in [5.74, 6) is -0.259. The molecule has 0 radical (unpaired) electrons. The number of hydrogen-bond donors (Lipinski definition) is 2. The number of likely N-dealkylation sites (tertiary alicyclic amines) is 1. The number of aromatic nitrogens is 4. The van der Waals surface area contributed by atoms with Gasteiger partial charge in [-0.25, -0.2) is 9.97 Å². The van der Waals surface area contributed by atoms with Crippen LogP contribution in [0.25, 0.3) is 10.6 Å². The van der Waals surface area contributed by atoms with Gasteiger partial charge in [-0.15, -0.1) is 0 Å². The maximum Gasteiger partial charge on any atom is 0.420 e. The zero-order chi connectivity index (χ0) is 24.7. The second-order valence-electron chi connectivity index (χ2n) is 8.33. The minimum atomic E-state index is -4.70. The molecule has 3 aromatic rings. The first kappa shape index (κ1) is 23.8. The fourth-order valence-corrected chi connectivity index (χ4v) is 5.22. The number of anilines is 2. The molecule has 186 valence electrons. The van der Waals surface area contributed by atoms with Crippen molar-refractivity contribution in [2.75, 3.05) is 38.6 Å². The lowest BCUT2D eigenvalue weighted by molar-refractivity contribution is -0.137. The van der Waals surface area contributed by atoms with Gasteiger partial charge in [-0.05, 0) is 39.0 Å². The monoisotopic (exact) mass is 527 g/mol. The minimum Gasteiger partial charge on any atom is -0.481 e. The highest BCUT2D eigenvalue weighted by Gasteiger charge is 2.37. The van der Waals surface area contributed by atoms with Gasteiger partial charge in [-0.3, -0.25) is 9.48 Å². The van der Waals surface area contributed by atoms with Crippen LogP contribution < -0.4 is 15.4 Å². The summed E-state index contributed by atoms with van der Waals surface area (Å²) < 4.78 is 48.6. The standard InChI is InChI=1S/C21H21ClF3N7O2S/c1-31-5-2-11(3-6-31)32-10-14(22)17(30-32)29-20-27-9-13(21(23,24)25)16(28-20)15-8-12-18(33)26-4-7-34-19(12)35-15/h8-11H,2-7H2,1H3,(H,26,33)(H,27,28,29,30). The third-order valence-corrected chi connectivity index (χ3v) is 7.20. The second kappa shape index (κ2) is 9.28. The highest BCUT2D eigenvalue weighted by Crippen LogP contribution is 2.43. The van der Waals surface area contributed by atoms with Gasteiger partial charge in [0.15, 0.2) is 10.9 Å². The summed E-state index contributed by atoms with van der Waals surface area (Å²) in [5.41, 5.74) is -1.22. The van der Waals surface area contributed by atoms with E-state index in [1.807, 2.05) is 0 Å². The molecular formula is C21H21ClF3N7O2S. The zero-order valence-corrected chi connectivity index (χ0v) is 20.1. The van der Waals surface area contributed by atoms with Crippen LogP contribution in [0.1, 0.15) is 34.8 Å². The van der Waals surface area contributed by atoms with Crippen LogP contribution in [0.15, 0.2) is 18.5 Å². The van der Waals surface area contributed by atoms with E-state index in [9.17, 15) is 18.0 Å². The summed E-state index contributed by atoms with van der Waals surface area (Å²) >= 11 is 7.28. The molecular weight excluding hydrogens is 507 g/mol. The number of rotatable bonds is 4. The Morgan fingerprint density at radius 1 is 1.31 bits per heavy atom. The lowest BCUT2D eigenvalue weighted by atomic mass is 10.1. The molecule has 2 aliphatic heterocycles. The van der Waals surface area contributed by atoms with E-state index in [-0.39, 0.29) is 45.6 Å². The van der Waals surface area contributed by atoms with Gasteiger partial charge in [-0.1, -0.05) is 22.9 Å². The summed E-state index contributed by atoms with van der Waals surface area (Å²) in [6, 6.07) is 1.53. The first-order chi connectivity index (χ1) is 16.7. The van der Waals surface area contributed by atoms with Crippen LogP contribution in [0.3, 0.4) is 0 Å². The Labute approximate surface area is 207 Å². The van der Waals surface area contributed by atoms with E-state index in [2.05, 4.69) is 37.6 Å². The van der Waals surface area contributed by atoms with E-state index >= 15 is 0 Å². The number of hydrogen-bond acceptors (Lipinski definition) is 8. The van der Waals surface area contributed by atoms with E-state index in [1.165, 1.54) is 6.07 Å². The van der Waals surface area contributed by atoms with Crippen LogP contribution in [-0.4, -0.2) is 63.8 Å². The van der Waals surface area contributed by atoms with Gasteiger partial charge in [0.05, 0.1) is 28.7 Å². The number of alkyl halides is 3. The summed E-state index contributed by atoms with van der Waals surface area (Å²) in [6.07, 6.45) is -0.484. The smallest absolute Gasteiger partial charge is 0.420 e. The first-order valence-corrected chi connectivity index (χ1v) is 12.1. The molecule has 5 rings (SSSR count). The van der Waals surface area contributed by atoms with Crippen LogP contribution in [0, 0.1) is 0 Å². The van der Waals surface area contributed by atoms with Gasteiger partial charge < -0.3 is 20.3 Å². The molecule has 1 saturated heterocycles. The van der Waals surface area contributed by atoms with Crippen molar-refractivity contribution in [1.82, 2.24) is 30.0 Å². The normalized spacial score (nSPS) is 17.5. The number of thiophene rings is 1. The number of carbonyl (C=O) groups excluding carboxylic acids is 1. The number of amides is 1. The fourth-order valence-electron chi connectivity index (χ4n) is 4.00. The second-order valence-corrected chi connectivity index (χ2v) is 9.76. The largest absolute Gasteiger partial charge is 0.481 e. The van der Waals surface area contributed by atoms with Gasteiger partial charge in [0.2, 0.25) is 5.95 Å². The number of fused-ring (bicyclic) bond motifs is 1. The molecule has 0 bridgehead atoms. The molecule has 2 N–H and O–H groups in total. The Hall–Kier alpha value is -2.90. The number of nitrogens with one attached hydrogen (secondary N) is 2. The summed E-state index contributed by atoms with van der Waals surface area (Å²) in [4.78, 5) is 22.6. The Balaban J connectivity index is 1.47. The maximum atomic E-state index is 13.8. The number of piperidine rings is 1. The topological polar surface area (TPSA) is 97.2 Å². The van der Waals surface area contributed by atoms with E-state index in [1.54, 1.807) is 10.9 Å². The number of ether oxygens (including phenoxy) is 1. The Kier molecular flexibility index (Phi) is 6.32. The summed E-state index contributed by atoms with van der Waals surface area (Å²) in [5, 5.41) is 10.5. The zero-order valence-electron chi connectivity index (χ0n) is 18.5. The Morgan fingerprint density at radius 2 is 2.09 bits per heavy atom. The van der Waals surface area contributed by atoms with Crippen molar-refractivity contribution in [3.63, 3.8) is 0 Å². The molecule has 1 amide bonds. The number of halogens is 4. The first-order valence-electron chi connectivity index (χ1n) is 10.9. The maximum absolute atomic E-state index is 13.8. The SMILES string of the molecule is CN1CCC(n2cc(Cl)c(Nc3ncc(C(F)(F)F)c(-c4cc5c(s4)OCCNC5=O)n3)n2)CC1. The van der Waals surface area contributed by atoms with E-state index < -0.39 is 17.6 Å². The number of carbonyl (C=O) groups is 1. The van der Waals surface area contributed by atoms with Gasteiger partial charge in [-0.2, -0.15) is 18.3 Å². The van der Waals surface area contributed by atoms with Crippen LogP contribution in [-0.2, 0) is 6.18 Å². The molecule has 9 nitrogen and oxygen atoms in total. The van der Waals surface area contributed by atoms with Crippen LogP contribution in [0.2, 0.25) is 5.02 Å². The lowest BCUT2D eigenvalue weighted by Crippen LogP contribution is -2.31. The van der Waals surface area contributed by atoms with Crippen molar-refractivity contribution >= 4 is 40.6 Å². The molecule has 5 heterocycles. The van der Waals surface area contributed by atoms with Crippen LogP contribution in [0.4, 0.5) is 24.9 Å². The highest BCUT2D eigenvalue weighted by molar-refractivity contribution is 7.17. The molecule has 0 unspecified atom stereocenters. The van der Waals surface area contributed by atoms with Gasteiger partial charge in [0.25, 0.3) is 5.91 Å². The molecule has 2 aliphatic rings. The molecule has 3 aromatic heterocycles. The average molecular weight is 528 g/mol. The quantitative estimate of drug-likeness (QED) is 0.524. The van der Waals surface area contributed by atoms with Crippen LogP contribution in [0.5, 0.6) is 5.06 Å². The van der Waals surface area contributed by atoms with Gasteiger partial charge >= 0.3 is 6.18 Å². The van der Waals surface area contributed by atoms with Crippen molar-refractivity contribution in [1.29, 1.82) is 0 Å².